The number of hydrogen-bond donors (Lipinski definition) is 1. The van der Waals surface area contributed by atoms with Gasteiger partial charge in [0.25, 0.3) is 11.5 Å². The number of pyridine rings is 1. The molecule has 0 aliphatic carbocycles. The van der Waals surface area contributed by atoms with Crippen LogP contribution in [0.25, 0.3) is 0 Å². The van der Waals surface area contributed by atoms with Crippen LogP contribution in [0.4, 0.5) is 0 Å². The predicted octanol–water partition coefficient (Wildman–Crippen LogP) is 2.15. The predicted molar refractivity (Wildman–Crippen MR) is 111 cm³/mol. The maximum absolute atomic E-state index is 13.1. The summed E-state index contributed by atoms with van der Waals surface area (Å²) in [4.78, 5) is 33.6. The molecule has 5 heterocycles. The van der Waals surface area contributed by atoms with Crippen molar-refractivity contribution in [3.05, 3.63) is 67.8 Å². The summed E-state index contributed by atoms with van der Waals surface area (Å²) in [7, 11) is 0. The number of piperidine rings is 1. The molecule has 3 aromatic rings. The summed E-state index contributed by atoms with van der Waals surface area (Å²) in [6.45, 7) is 5.47. The number of aromatic nitrogens is 3. The Labute approximate surface area is 177 Å². The van der Waals surface area contributed by atoms with Crippen LogP contribution < -0.4 is 10.9 Å². The zero-order chi connectivity index (χ0) is 20.7. The molecule has 2 aliphatic rings. The maximum Gasteiger partial charge on any atom is 0.263 e. The summed E-state index contributed by atoms with van der Waals surface area (Å²) in [5, 5.41) is 6.56. The minimum atomic E-state index is -0.382. The molecule has 3 aromatic heterocycles. The molecule has 156 valence electrons. The van der Waals surface area contributed by atoms with Crippen LogP contribution in [-0.2, 0) is 19.6 Å². The molecule has 0 aromatic carbocycles. The van der Waals surface area contributed by atoms with E-state index in [-0.39, 0.29) is 23.6 Å². The zero-order valence-electron chi connectivity index (χ0n) is 16.7. The third-order valence-corrected chi connectivity index (χ3v) is 6.65. The van der Waals surface area contributed by atoms with Crippen LogP contribution in [-0.4, -0.2) is 38.6 Å². The number of amides is 1. The van der Waals surface area contributed by atoms with Crippen LogP contribution in [0.1, 0.15) is 44.7 Å². The first kappa shape index (κ1) is 19.2. The van der Waals surface area contributed by atoms with Crippen LogP contribution in [0.2, 0.25) is 0 Å². The second-order valence-corrected chi connectivity index (χ2v) is 9.14. The van der Waals surface area contributed by atoms with Crippen molar-refractivity contribution in [2.75, 3.05) is 13.1 Å². The number of likely N-dealkylation sites (tertiary alicyclic amines) is 1. The number of aryl methyl sites for hydroxylation is 1. The van der Waals surface area contributed by atoms with Crippen LogP contribution >= 0.6 is 11.3 Å². The summed E-state index contributed by atoms with van der Waals surface area (Å²) in [6.07, 6.45) is 3.02. The smallest absolute Gasteiger partial charge is 0.263 e. The van der Waals surface area contributed by atoms with Crippen LogP contribution in [0.15, 0.2) is 39.2 Å². The van der Waals surface area contributed by atoms with Crippen LogP contribution in [0.5, 0.6) is 0 Å². The highest BCUT2D eigenvalue weighted by Gasteiger charge is 2.35. The monoisotopic (exact) mass is 425 g/mol. The average Bonchev–Trinajstić information content (AvgIpc) is 3.38. The van der Waals surface area contributed by atoms with Gasteiger partial charge in [0.05, 0.1) is 17.7 Å². The number of nitrogens with one attached hydrogen (secondary N) is 1. The van der Waals surface area contributed by atoms with Crippen molar-refractivity contribution >= 4 is 17.2 Å². The Bertz CT molecular complexity index is 1120. The zero-order valence-corrected chi connectivity index (χ0v) is 17.5. The first-order valence-electron chi connectivity index (χ1n) is 10.1. The Hall–Kier alpha value is -2.78. The van der Waals surface area contributed by atoms with E-state index in [9.17, 15) is 9.59 Å². The van der Waals surface area contributed by atoms with Gasteiger partial charge in [0.2, 0.25) is 0 Å². The summed E-state index contributed by atoms with van der Waals surface area (Å²) in [5.74, 6) is 0.908. The largest absolute Gasteiger partial charge is 0.359 e. The fraction of sp³-hybridized carbons (Fsp3) is 0.429. The number of fused-ring (bicyclic) bond motifs is 4. The molecule has 2 bridgehead atoms. The molecule has 1 fully saturated rings. The molecule has 1 N–H and O–H groups in total. The van der Waals surface area contributed by atoms with E-state index in [0.29, 0.717) is 24.1 Å². The van der Waals surface area contributed by atoms with Crippen molar-refractivity contribution in [3.63, 3.8) is 0 Å². The lowest BCUT2D eigenvalue weighted by Gasteiger charge is -2.42. The lowest BCUT2D eigenvalue weighted by Crippen LogP contribution is -2.47. The standard InChI is InChI=1S/C21H23N5O3S/c1-13-4-16(29-24-13)6-23-20(27)18-2-3-19-15-5-14(9-26(19)21(18)28)8-25(10-15)11-17-7-22-12-30-17/h2-4,7,12,14-15H,5-6,8-11H2,1H3,(H,23,27)/t14-,15+/m0/s1. The van der Waals surface area contributed by atoms with Crippen molar-refractivity contribution < 1.29 is 9.32 Å². The molecule has 0 saturated carbocycles. The fourth-order valence-electron chi connectivity index (χ4n) is 4.65. The van der Waals surface area contributed by atoms with Crippen LogP contribution in [0, 0.1) is 12.8 Å². The van der Waals surface area contributed by atoms with E-state index in [4.69, 9.17) is 4.52 Å². The highest BCUT2D eigenvalue weighted by Crippen LogP contribution is 2.35. The molecular weight excluding hydrogens is 402 g/mol. The topological polar surface area (TPSA) is 93.3 Å². The van der Waals surface area contributed by atoms with E-state index in [1.54, 1.807) is 23.5 Å². The third kappa shape index (κ3) is 3.70. The number of hydrogen-bond acceptors (Lipinski definition) is 7. The van der Waals surface area contributed by atoms with Crippen molar-refractivity contribution in [1.29, 1.82) is 0 Å². The van der Waals surface area contributed by atoms with Gasteiger partial charge in [-0.3, -0.25) is 19.5 Å². The normalized spacial score (nSPS) is 20.7. The molecule has 30 heavy (non-hydrogen) atoms. The van der Waals surface area contributed by atoms with Crippen molar-refractivity contribution in [2.45, 2.75) is 38.9 Å². The second-order valence-electron chi connectivity index (χ2n) is 8.17. The minimum absolute atomic E-state index is 0.177. The van der Waals surface area contributed by atoms with Gasteiger partial charge in [0.1, 0.15) is 5.56 Å². The molecule has 2 aliphatic heterocycles. The Morgan fingerprint density at radius 1 is 1.33 bits per heavy atom. The molecule has 9 heteroatoms. The van der Waals surface area contributed by atoms with Gasteiger partial charge >= 0.3 is 0 Å². The third-order valence-electron chi connectivity index (χ3n) is 5.89. The summed E-state index contributed by atoms with van der Waals surface area (Å²) < 4.78 is 6.93. The van der Waals surface area contributed by atoms with Gasteiger partial charge in [-0.05, 0) is 31.4 Å². The number of carbonyl (C=O) groups excluding carboxylic acids is 1. The Kier molecular flexibility index (Phi) is 5.00. The van der Waals surface area contributed by atoms with Crippen molar-refractivity contribution in [3.8, 4) is 0 Å². The van der Waals surface area contributed by atoms with E-state index in [2.05, 4.69) is 20.4 Å². The number of nitrogens with zero attached hydrogens (tertiary/aromatic N) is 4. The molecule has 0 radical (unpaired) electrons. The van der Waals surface area contributed by atoms with Gasteiger partial charge in [0.15, 0.2) is 5.76 Å². The molecule has 2 atom stereocenters. The lowest BCUT2D eigenvalue weighted by atomic mass is 9.83. The highest BCUT2D eigenvalue weighted by atomic mass is 32.1. The van der Waals surface area contributed by atoms with E-state index in [1.165, 1.54) is 4.88 Å². The van der Waals surface area contributed by atoms with Gasteiger partial charge in [-0.25, -0.2) is 0 Å². The fourth-order valence-corrected chi connectivity index (χ4v) is 5.29. The minimum Gasteiger partial charge on any atom is -0.359 e. The summed E-state index contributed by atoms with van der Waals surface area (Å²) in [6, 6.07) is 5.38. The molecule has 1 amide bonds. The van der Waals surface area contributed by atoms with E-state index < -0.39 is 0 Å². The Morgan fingerprint density at radius 3 is 3.00 bits per heavy atom. The average molecular weight is 426 g/mol. The van der Waals surface area contributed by atoms with E-state index in [0.717, 1.165) is 37.4 Å². The van der Waals surface area contributed by atoms with E-state index >= 15 is 0 Å². The molecule has 0 unspecified atom stereocenters. The first-order valence-corrected chi connectivity index (χ1v) is 11.0. The van der Waals surface area contributed by atoms with Gasteiger partial charge in [-0.1, -0.05) is 5.16 Å². The quantitative estimate of drug-likeness (QED) is 0.673. The van der Waals surface area contributed by atoms with Gasteiger partial charge in [-0.15, -0.1) is 11.3 Å². The number of rotatable bonds is 5. The maximum atomic E-state index is 13.1. The van der Waals surface area contributed by atoms with Gasteiger partial charge in [0, 0.05) is 54.9 Å². The number of carbonyl (C=O) groups is 1. The van der Waals surface area contributed by atoms with Gasteiger partial charge < -0.3 is 14.4 Å². The molecule has 8 nitrogen and oxygen atoms in total. The SMILES string of the molecule is Cc1cc(CNC(=O)c2ccc3n(c2=O)C[C@H]2C[C@@H]3CN(Cc3cncs3)C2)on1. The molecule has 1 saturated heterocycles. The summed E-state index contributed by atoms with van der Waals surface area (Å²) in [5.41, 5.74) is 3.63. The van der Waals surface area contributed by atoms with Gasteiger partial charge in [-0.2, -0.15) is 0 Å². The second kappa shape index (κ2) is 7.81. The van der Waals surface area contributed by atoms with E-state index in [1.807, 2.05) is 29.3 Å². The van der Waals surface area contributed by atoms with Crippen LogP contribution in [0.3, 0.4) is 0 Å². The molecule has 0 spiro atoms. The Balaban J connectivity index is 1.32. The Morgan fingerprint density at radius 2 is 2.23 bits per heavy atom. The first-order chi connectivity index (χ1) is 14.6. The van der Waals surface area contributed by atoms with Crippen molar-refractivity contribution in [1.82, 2.24) is 24.9 Å². The van der Waals surface area contributed by atoms with Crippen molar-refractivity contribution in [2.24, 2.45) is 5.92 Å². The summed E-state index contributed by atoms with van der Waals surface area (Å²) >= 11 is 1.68. The molecule has 5 rings (SSSR count). The highest BCUT2D eigenvalue weighted by molar-refractivity contribution is 7.09. The number of thiazole rings is 1. The molecular formula is C21H23N5O3S. The lowest BCUT2D eigenvalue weighted by molar-refractivity contribution is 0.0940.